The third kappa shape index (κ3) is 5.81. The van der Waals surface area contributed by atoms with Crippen molar-refractivity contribution in [1.29, 1.82) is 0 Å². The number of benzene rings is 1. The summed E-state index contributed by atoms with van der Waals surface area (Å²) in [6.45, 7) is 7.85. The number of fused-ring (bicyclic) bond motifs is 1. The van der Waals surface area contributed by atoms with E-state index >= 15 is 0 Å². The molecule has 2 saturated heterocycles. The van der Waals surface area contributed by atoms with Gasteiger partial charge >= 0.3 is 0 Å². The molecule has 0 amide bonds. The average molecular weight is 493 g/mol. The molecule has 188 valence electrons. The molecule has 3 aromatic heterocycles. The Labute approximate surface area is 217 Å². The van der Waals surface area contributed by atoms with E-state index in [1.54, 1.807) is 12.4 Å². The number of anilines is 2. The molecule has 0 bridgehead atoms. The summed E-state index contributed by atoms with van der Waals surface area (Å²) in [5, 5.41) is 3.29. The molecule has 6 rings (SSSR count). The maximum atomic E-state index is 4.72. The Hall–Kier alpha value is -3.75. The van der Waals surface area contributed by atoms with Gasteiger partial charge in [-0.05, 0) is 61.7 Å². The number of nitrogens with one attached hydrogen (secondary N) is 1. The second kappa shape index (κ2) is 10.7. The van der Waals surface area contributed by atoms with Gasteiger partial charge in [0.25, 0.3) is 0 Å². The maximum Gasteiger partial charge on any atom is 0.180 e. The lowest BCUT2D eigenvalue weighted by Crippen LogP contribution is -2.49. The molecule has 0 spiro atoms. The molecule has 5 heterocycles. The molecule has 1 N–H and O–H groups in total. The van der Waals surface area contributed by atoms with Gasteiger partial charge in [-0.25, -0.2) is 24.9 Å². The first-order valence-electron chi connectivity index (χ1n) is 13.1. The van der Waals surface area contributed by atoms with Crippen LogP contribution in [0.4, 0.5) is 11.6 Å². The third-order valence-electron chi connectivity index (χ3n) is 7.20. The van der Waals surface area contributed by atoms with Gasteiger partial charge in [-0.3, -0.25) is 9.80 Å². The fourth-order valence-electron chi connectivity index (χ4n) is 5.31. The minimum Gasteiger partial charge on any atom is -0.325 e. The van der Waals surface area contributed by atoms with Crippen LogP contribution in [0.25, 0.3) is 11.5 Å². The van der Waals surface area contributed by atoms with Crippen LogP contribution in [-0.4, -0.2) is 66.9 Å². The van der Waals surface area contributed by atoms with Gasteiger partial charge in [-0.1, -0.05) is 30.3 Å². The van der Waals surface area contributed by atoms with E-state index < -0.39 is 0 Å². The van der Waals surface area contributed by atoms with Crippen molar-refractivity contribution in [1.82, 2.24) is 34.7 Å². The molecule has 2 fully saturated rings. The van der Waals surface area contributed by atoms with E-state index in [0.29, 0.717) is 23.9 Å². The summed E-state index contributed by atoms with van der Waals surface area (Å²) in [5.41, 5.74) is 4.25. The van der Waals surface area contributed by atoms with Gasteiger partial charge in [0.05, 0.1) is 0 Å². The SMILES string of the molecule is Cc1cccc(-c2nccc(Nc3ccnc(Cc4ccc(CN5CCN6CCCC6C5)cc4)n3)n2)n1. The lowest BCUT2D eigenvalue weighted by atomic mass is 10.1. The van der Waals surface area contributed by atoms with E-state index in [0.717, 1.165) is 29.8 Å². The number of aromatic nitrogens is 5. The van der Waals surface area contributed by atoms with Crippen molar-refractivity contribution in [3.05, 3.63) is 89.6 Å². The molecule has 0 saturated carbocycles. The zero-order valence-corrected chi connectivity index (χ0v) is 21.2. The lowest BCUT2D eigenvalue weighted by molar-refractivity contribution is 0.0994. The zero-order valence-electron chi connectivity index (χ0n) is 21.2. The molecule has 0 aliphatic carbocycles. The molecular weight excluding hydrogens is 460 g/mol. The van der Waals surface area contributed by atoms with Crippen molar-refractivity contribution >= 4 is 11.6 Å². The van der Waals surface area contributed by atoms with Gasteiger partial charge in [0, 0.05) is 56.7 Å². The normalized spacial score (nSPS) is 18.0. The number of piperazine rings is 1. The molecule has 2 aliphatic rings. The van der Waals surface area contributed by atoms with Crippen LogP contribution in [0.2, 0.25) is 0 Å². The van der Waals surface area contributed by atoms with Crippen LogP contribution in [0, 0.1) is 6.92 Å². The van der Waals surface area contributed by atoms with Crippen molar-refractivity contribution in [2.24, 2.45) is 0 Å². The van der Waals surface area contributed by atoms with Crippen LogP contribution in [0.15, 0.2) is 67.0 Å². The maximum absolute atomic E-state index is 4.72. The van der Waals surface area contributed by atoms with Crippen LogP contribution in [0.5, 0.6) is 0 Å². The highest BCUT2D eigenvalue weighted by Crippen LogP contribution is 2.23. The van der Waals surface area contributed by atoms with Gasteiger partial charge in [-0.15, -0.1) is 0 Å². The Balaban J connectivity index is 1.08. The molecule has 1 unspecified atom stereocenters. The number of pyridine rings is 1. The highest BCUT2D eigenvalue weighted by molar-refractivity contribution is 5.56. The highest BCUT2D eigenvalue weighted by atomic mass is 15.3. The smallest absolute Gasteiger partial charge is 0.180 e. The second-order valence-corrected chi connectivity index (χ2v) is 9.97. The van der Waals surface area contributed by atoms with Crippen LogP contribution in [-0.2, 0) is 13.0 Å². The highest BCUT2D eigenvalue weighted by Gasteiger charge is 2.30. The summed E-state index contributed by atoms with van der Waals surface area (Å²) >= 11 is 0. The standard InChI is InChI=1S/C29H32N8/c1-21-4-2-6-25(32-21)29-31-14-12-27(35-29)33-26-11-13-30-28(34-26)18-22-7-9-23(10-8-22)19-36-16-17-37-15-3-5-24(37)20-36/h2,4,6-14,24H,3,5,15-20H2,1H3,(H,30,31,33,34,35). The van der Waals surface area contributed by atoms with Crippen molar-refractivity contribution in [2.75, 3.05) is 31.5 Å². The van der Waals surface area contributed by atoms with E-state index in [9.17, 15) is 0 Å². The summed E-state index contributed by atoms with van der Waals surface area (Å²) < 4.78 is 0. The van der Waals surface area contributed by atoms with Crippen LogP contribution < -0.4 is 5.32 Å². The minimum atomic E-state index is 0.577. The quantitative estimate of drug-likeness (QED) is 0.410. The monoisotopic (exact) mass is 492 g/mol. The Morgan fingerprint density at radius 2 is 1.65 bits per heavy atom. The van der Waals surface area contributed by atoms with Gasteiger partial charge in [0.15, 0.2) is 5.82 Å². The molecule has 2 aliphatic heterocycles. The lowest BCUT2D eigenvalue weighted by Gasteiger charge is -2.37. The Bertz CT molecular complexity index is 1360. The minimum absolute atomic E-state index is 0.577. The first-order chi connectivity index (χ1) is 18.2. The molecule has 4 aromatic rings. The topological polar surface area (TPSA) is 83.0 Å². The number of aryl methyl sites for hydroxylation is 1. The van der Waals surface area contributed by atoms with Crippen molar-refractivity contribution < 1.29 is 0 Å². The largest absolute Gasteiger partial charge is 0.325 e. The number of hydrogen-bond donors (Lipinski definition) is 1. The predicted octanol–water partition coefficient (Wildman–Crippen LogP) is 4.25. The first kappa shape index (κ1) is 23.6. The first-order valence-corrected chi connectivity index (χ1v) is 13.1. The molecular formula is C29H32N8. The summed E-state index contributed by atoms with van der Waals surface area (Å²) in [5.74, 6) is 2.72. The second-order valence-electron chi connectivity index (χ2n) is 9.97. The summed E-state index contributed by atoms with van der Waals surface area (Å²) in [6.07, 6.45) is 6.90. The summed E-state index contributed by atoms with van der Waals surface area (Å²) in [6, 6.07) is 19.2. The zero-order chi connectivity index (χ0) is 25.0. The molecule has 8 nitrogen and oxygen atoms in total. The molecule has 8 heteroatoms. The summed E-state index contributed by atoms with van der Waals surface area (Å²) in [7, 11) is 0. The van der Waals surface area contributed by atoms with Crippen molar-refractivity contribution in [3.63, 3.8) is 0 Å². The third-order valence-corrected chi connectivity index (χ3v) is 7.20. The van der Waals surface area contributed by atoms with Gasteiger partial charge in [0.2, 0.25) is 0 Å². The van der Waals surface area contributed by atoms with E-state index in [-0.39, 0.29) is 0 Å². The van der Waals surface area contributed by atoms with Crippen LogP contribution in [0.1, 0.15) is 35.5 Å². The van der Waals surface area contributed by atoms with Crippen LogP contribution in [0.3, 0.4) is 0 Å². The van der Waals surface area contributed by atoms with E-state index in [1.807, 2.05) is 37.3 Å². The van der Waals surface area contributed by atoms with Gasteiger partial charge in [0.1, 0.15) is 23.2 Å². The van der Waals surface area contributed by atoms with Crippen molar-refractivity contribution in [2.45, 2.75) is 38.8 Å². The molecule has 0 radical (unpaired) electrons. The van der Waals surface area contributed by atoms with Crippen molar-refractivity contribution in [3.8, 4) is 11.5 Å². The summed E-state index contributed by atoms with van der Waals surface area (Å²) in [4.78, 5) is 28.0. The molecule has 1 atom stereocenters. The number of nitrogens with zero attached hydrogens (tertiary/aromatic N) is 7. The van der Waals surface area contributed by atoms with Gasteiger partial charge < -0.3 is 5.32 Å². The average Bonchev–Trinajstić information content (AvgIpc) is 3.38. The molecule has 1 aromatic carbocycles. The van der Waals surface area contributed by atoms with Gasteiger partial charge in [-0.2, -0.15) is 0 Å². The Morgan fingerprint density at radius 1 is 0.838 bits per heavy atom. The van der Waals surface area contributed by atoms with E-state index in [2.05, 4.69) is 59.3 Å². The Morgan fingerprint density at radius 3 is 2.51 bits per heavy atom. The van der Waals surface area contributed by atoms with E-state index in [1.165, 1.54) is 50.1 Å². The number of hydrogen-bond acceptors (Lipinski definition) is 8. The fourth-order valence-corrected chi connectivity index (χ4v) is 5.31. The Kier molecular flexibility index (Phi) is 6.84. The van der Waals surface area contributed by atoms with E-state index in [4.69, 9.17) is 4.98 Å². The molecule has 37 heavy (non-hydrogen) atoms. The fraction of sp³-hybridized carbons (Fsp3) is 0.345. The van der Waals surface area contributed by atoms with Crippen LogP contribution >= 0.6 is 0 Å². The number of rotatable bonds is 7. The predicted molar refractivity (Wildman–Crippen MR) is 144 cm³/mol.